The lowest BCUT2D eigenvalue weighted by atomic mass is 9.95. The molecule has 168 valence electrons. The number of aromatic nitrogens is 2. The molecule has 2 heterocycles. The number of carbonyl (C=O) groups excluding carboxylic acids is 1. The van der Waals surface area contributed by atoms with Crippen LogP contribution in [-0.4, -0.2) is 47.9 Å². The Morgan fingerprint density at radius 3 is 2.48 bits per heavy atom. The van der Waals surface area contributed by atoms with Gasteiger partial charge in [-0.15, -0.1) is 0 Å². The number of hydrogen-bond donors (Lipinski definition) is 1. The molecule has 3 rings (SSSR count). The molecule has 1 saturated heterocycles. The maximum atomic E-state index is 13.0. The summed E-state index contributed by atoms with van der Waals surface area (Å²) in [5.74, 6) is 0.00237. The van der Waals surface area contributed by atoms with Gasteiger partial charge in [0.05, 0.1) is 11.4 Å². The van der Waals surface area contributed by atoms with Gasteiger partial charge < -0.3 is 15.0 Å². The fourth-order valence-corrected chi connectivity index (χ4v) is 4.08. The SMILES string of the molecule is CCOCCCNC(=O)C1CCN(c2c(C)n(-c3ccccc3)c(=O)n(C)c2=O)CC1. The number of rotatable bonds is 8. The highest BCUT2D eigenvalue weighted by molar-refractivity contribution is 5.79. The van der Waals surface area contributed by atoms with Crippen molar-refractivity contribution < 1.29 is 9.53 Å². The van der Waals surface area contributed by atoms with Crippen molar-refractivity contribution in [3.05, 3.63) is 56.9 Å². The largest absolute Gasteiger partial charge is 0.382 e. The average molecular weight is 429 g/mol. The Balaban J connectivity index is 1.74. The highest BCUT2D eigenvalue weighted by atomic mass is 16.5. The third kappa shape index (κ3) is 5.07. The number of carbonyl (C=O) groups is 1. The minimum atomic E-state index is -0.362. The number of nitrogens with zero attached hydrogens (tertiary/aromatic N) is 3. The molecule has 0 atom stereocenters. The Morgan fingerprint density at radius 1 is 1.16 bits per heavy atom. The Morgan fingerprint density at radius 2 is 1.84 bits per heavy atom. The van der Waals surface area contributed by atoms with Gasteiger partial charge in [0.2, 0.25) is 5.91 Å². The van der Waals surface area contributed by atoms with Crippen LogP contribution in [0.5, 0.6) is 0 Å². The van der Waals surface area contributed by atoms with Crippen molar-refractivity contribution in [3.8, 4) is 5.69 Å². The van der Waals surface area contributed by atoms with Gasteiger partial charge in [-0.25, -0.2) is 4.79 Å². The van der Waals surface area contributed by atoms with Crippen LogP contribution in [0.3, 0.4) is 0 Å². The summed E-state index contributed by atoms with van der Waals surface area (Å²) in [5, 5.41) is 2.99. The molecular formula is C23H32N4O4. The highest BCUT2D eigenvalue weighted by Gasteiger charge is 2.28. The molecule has 0 spiro atoms. The van der Waals surface area contributed by atoms with Crippen LogP contribution in [0.15, 0.2) is 39.9 Å². The lowest BCUT2D eigenvalue weighted by molar-refractivity contribution is -0.125. The predicted octanol–water partition coefficient (Wildman–Crippen LogP) is 1.60. The minimum Gasteiger partial charge on any atom is -0.382 e. The summed E-state index contributed by atoms with van der Waals surface area (Å²) in [4.78, 5) is 40.2. The molecule has 31 heavy (non-hydrogen) atoms. The maximum absolute atomic E-state index is 13.0. The summed E-state index contributed by atoms with van der Waals surface area (Å²) in [6, 6.07) is 9.32. The van der Waals surface area contributed by atoms with E-state index in [1.54, 1.807) is 4.57 Å². The summed E-state index contributed by atoms with van der Waals surface area (Å²) in [7, 11) is 1.51. The summed E-state index contributed by atoms with van der Waals surface area (Å²) in [6.45, 7) is 6.90. The molecule has 1 fully saturated rings. The van der Waals surface area contributed by atoms with Crippen LogP contribution in [-0.2, 0) is 16.6 Å². The van der Waals surface area contributed by atoms with E-state index in [1.165, 1.54) is 7.05 Å². The Hall–Kier alpha value is -2.87. The molecule has 1 aliphatic heterocycles. The second kappa shape index (κ2) is 10.4. The molecule has 0 bridgehead atoms. The Kier molecular flexibility index (Phi) is 7.68. The molecule has 1 aromatic heterocycles. The van der Waals surface area contributed by atoms with Gasteiger partial charge in [0.1, 0.15) is 5.69 Å². The van der Waals surface area contributed by atoms with Crippen molar-refractivity contribution in [1.29, 1.82) is 0 Å². The number of para-hydroxylation sites is 1. The lowest BCUT2D eigenvalue weighted by Gasteiger charge is -2.34. The topological polar surface area (TPSA) is 85.6 Å². The zero-order valence-electron chi connectivity index (χ0n) is 18.6. The molecule has 2 aromatic rings. The number of piperidine rings is 1. The second-order valence-electron chi connectivity index (χ2n) is 7.85. The van der Waals surface area contributed by atoms with Crippen LogP contribution in [0, 0.1) is 12.8 Å². The average Bonchev–Trinajstić information content (AvgIpc) is 2.79. The van der Waals surface area contributed by atoms with Gasteiger partial charge in [-0.2, -0.15) is 0 Å². The predicted molar refractivity (Wildman–Crippen MR) is 121 cm³/mol. The van der Waals surface area contributed by atoms with E-state index in [1.807, 2.05) is 49.1 Å². The molecule has 8 nitrogen and oxygen atoms in total. The van der Waals surface area contributed by atoms with Gasteiger partial charge in [0.25, 0.3) is 5.56 Å². The second-order valence-corrected chi connectivity index (χ2v) is 7.85. The van der Waals surface area contributed by atoms with E-state index in [2.05, 4.69) is 5.32 Å². The van der Waals surface area contributed by atoms with Crippen LogP contribution in [0.4, 0.5) is 5.69 Å². The van der Waals surface area contributed by atoms with Gasteiger partial charge in [-0.1, -0.05) is 18.2 Å². The van der Waals surface area contributed by atoms with Gasteiger partial charge in [0.15, 0.2) is 0 Å². The molecular weight excluding hydrogens is 396 g/mol. The first-order valence-corrected chi connectivity index (χ1v) is 10.9. The van der Waals surface area contributed by atoms with E-state index >= 15 is 0 Å². The third-order valence-corrected chi connectivity index (χ3v) is 5.83. The standard InChI is InChI=1S/C23H32N4O4/c1-4-31-16-8-13-24-21(28)18-11-14-26(15-12-18)20-17(2)27(19-9-6-5-7-10-19)23(30)25(3)22(20)29/h5-7,9-10,18H,4,8,11-16H2,1-3H3,(H,24,28). The fraction of sp³-hybridized carbons (Fsp3) is 0.522. The normalized spacial score (nSPS) is 14.6. The van der Waals surface area contributed by atoms with Crippen molar-refractivity contribution in [2.45, 2.75) is 33.1 Å². The molecule has 1 aliphatic rings. The van der Waals surface area contributed by atoms with Crippen LogP contribution in [0.1, 0.15) is 31.9 Å². The Bertz CT molecular complexity index is 1000. The van der Waals surface area contributed by atoms with E-state index in [0.29, 0.717) is 57.1 Å². The molecule has 1 aromatic carbocycles. The smallest absolute Gasteiger partial charge is 0.335 e. The van der Waals surface area contributed by atoms with E-state index in [9.17, 15) is 14.4 Å². The quantitative estimate of drug-likeness (QED) is 0.646. The van der Waals surface area contributed by atoms with Crippen molar-refractivity contribution in [2.75, 3.05) is 37.7 Å². The van der Waals surface area contributed by atoms with Gasteiger partial charge in [-0.05, 0) is 45.2 Å². The highest BCUT2D eigenvalue weighted by Crippen LogP contribution is 2.24. The third-order valence-electron chi connectivity index (χ3n) is 5.83. The maximum Gasteiger partial charge on any atom is 0.335 e. The number of hydrogen-bond acceptors (Lipinski definition) is 5. The summed E-state index contributed by atoms with van der Waals surface area (Å²) in [5.41, 5.74) is 1.22. The van der Waals surface area contributed by atoms with E-state index in [-0.39, 0.29) is 23.1 Å². The van der Waals surface area contributed by atoms with Crippen molar-refractivity contribution in [2.24, 2.45) is 13.0 Å². The van der Waals surface area contributed by atoms with Gasteiger partial charge in [0, 0.05) is 45.8 Å². The van der Waals surface area contributed by atoms with Gasteiger partial charge in [-0.3, -0.25) is 18.7 Å². The van der Waals surface area contributed by atoms with E-state index in [0.717, 1.165) is 16.7 Å². The lowest BCUT2D eigenvalue weighted by Crippen LogP contribution is -2.46. The fourth-order valence-electron chi connectivity index (χ4n) is 4.08. The zero-order valence-corrected chi connectivity index (χ0v) is 18.6. The Labute approximate surface area is 182 Å². The molecule has 0 aliphatic carbocycles. The van der Waals surface area contributed by atoms with Crippen LogP contribution in [0.2, 0.25) is 0 Å². The first-order valence-electron chi connectivity index (χ1n) is 10.9. The van der Waals surface area contributed by atoms with Crippen LogP contribution >= 0.6 is 0 Å². The first kappa shape index (κ1) is 22.8. The summed E-state index contributed by atoms with van der Waals surface area (Å²) >= 11 is 0. The van der Waals surface area contributed by atoms with Crippen molar-refractivity contribution in [3.63, 3.8) is 0 Å². The number of ether oxygens (including phenoxy) is 1. The van der Waals surface area contributed by atoms with Crippen LogP contribution < -0.4 is 21.5 Å². The number of anilines is 1. The number of amides is 1. The van der Waals surface area contributed by atoms with Gasteiger partial charge >= 0.3 is 5.69 Å². The molecule has 8 heteroatoms. The number of benzene rings is 1. The van der Waals surface area contributed by atoms with E-state index in [4.69, 9.17) is 4.74 Å². The monoisotopic (exact) mass is 428 g/mol. The van der Waals surface area contributed by atoms with Crippen LogP contribution in [0.25, 0.3) is 5.69 Å². The van der Waals surface area contributed by atoms with E-state index < -0.39 is 0 Å². The first-order chi connectivity index (χ1) is 15.0. The minimum absolute atomic E-state index is 0.0625. The molecule has 0 saturated carbocycles. The zero-order chi connectivity index (χ0) is 22.4. The molecule has 0 radical (unpaired) electrons. The number of nitrogens with one attached hydrogen (secondary N) is 1. The molecule has 1 N–H and O–H groups in total. The summed E-state index contributed by atoms with van der Waals surface area (Å²) < 4.78 is 8.03. The molecule has 1 amide bonds. The summed E-state index contributed by atoms with van der Waals surface area (Å²) in [6.07, 6.45) is 2.14. The van der Waals surface area contributed by atoms with Crippen molar-refractivity contribution >= 4 is 11.6 Å². The molecule has 0 unspecified atom stereocenters. The van der Waals surface area contributed by atoms with Crippen molar-refractivity contribution in [1.82, 2.24) is 14.5 Å².